The molecule has 0 saturated heterocycles. The lowest BCUT2D eigenvalue weighted by molar-refractivity contribution is 0.490. The molecule has 0 amide bonds. The smallest absolute Gasteiger partial charge is 0.161 e. The molecule has 1 nitrogen and oxygen atoms in total. The van der Waals surface area contributed by atoms with Crippen LogP contribution in [0.5, 0.6) is 0 Å². The van der Waals surface area contributed by atoms with Gasteiger partial charge in [0.15, 0.2) is 11.6 Å². The molecule has 0 aliphatic heterocycles. The average Bonchev–Trinajstić information content (AvgIpc) is 2.14. The Balaban J connectivity index is 2.99. The highest BCUT2D eigenvalue weighted by Gasteiger charge is 2.13. The zero-order valence-corrected chi connectivity index (χ0v) is 7.65. The van der Waals surface area contributed by atoms with Crippen LogP contribution in [0.2, 0.25) is 0 Å². The number of hydrogen-bond donors (Lipinski definition) is 0. The molecular formula is C9H5ClF3N. The van der Waals surface area contributed by atoms with E-state index in [9.17, 15) is 13.2 Å². The van der Waals surface area contributed by atoms with Crippen molar-refractivity contribution >= 4 is 11.6 Å². The molecule has 1 aromatic carbocycles. The first-order valence-electron chi connectivity index (χ1n) is 3.71. The molecule has 0 aromatic heterocycles. The van der Waals surface area contributed by atoms with Gasteiger partial charge < -0.3 is 0 Å². The second-order valence-corrected chi connectivity index (χ2v) is 3.19. The molecule has 0 saturated carbocycles. The van der Waals surface area contributed by atoms with E-state index in [1.165, 1.54) is 0 Å². The molecule has 0 heterocycles. The van der Waals surface area contributed by atoms with Crippen LogP contribution in [0.4, 0.5) is 13.2 Å². The van der Waals surface area contributed by atoms with E-state index in [1.54, 1.807) is 6.07 Å². The summed E-state index contributed by atoms with van der Waals surface area (Å²) in [5.41, 5.74) is -0.106. The molecule has 1 unspecified atom stereocenters. The summed E-state index contributed by atoms with van der Waals surface area (Å²) in [7, 11) is 0. The summed E-state index contributed by atoms with van der Waals surface area (Å²) >= 11 is 5.42. The quantitative estimate of drug-likeness (QED) is 0.554. The Morgan fingerprint density at radius 2 is 1.79 bits per heavy atom. The fourth-order valence-electron chi connectivity index (χ4n) is 0.959. The fourth-order valence-corrected chi connectivity index (χ4v) is 1.13. The van der Waals surface area contributed by atoms with Gasteiger partial charge in [-0.15, -0.1) is 11.6 Å². The zero-order chi connectivity index (χ0) is 10.7. The van der Waals surface area contributed by atoms with Gasteiger partial charge in [0.25, 0.3) is 0 Å². The predicted molar refractivity (Wildman–Crippen MR) is 45.3 cm³/mol. The second-order valence-electron chi connectivity index (χ2n) is 2.66. The SMILES string of the molecule is N#CC(Cl)Cc1cc(F)c(F)cc1F. The molecule has 1 rings (SSSR count). The van der Waals surface area contributed by atoms with E-state index in [0.717, 1.165) is 0 Å². The third kappa shape index (κ3) is 2.39. The summed E-state index contributed by atoms with van der Waals surface area (Å²) < 4.78 is 38.1. The first-order valence-corrected chi connectivity index (χ1v) is 4.15. The highest BCUT2D eigenvalue weighted by Crippen LogP contribution is 2.16. The summed E-state index contributed by atoms with van der Waals surface area (Å²) in [6.45, 7) is 0. The molecule has 0 spiro atoms. The summed E-state index contributed by atoms with van der Waals surface area (Å²) in [6, 6.07) is 2.80. The molecular weight excluding hydrogens is 215 g/mol. The average molecular weight is 220 g/mol. The number of benzene rings is 1. The van der Waals surface area contributed by atoms with Gasteiger partial charge in [-0.1, -0.05) is 0 Å². The van der Waals surface area contributed by atoms with E-state index in [2.05, 4.69) is 0 Å². The van der Waals surface area contributed by atoms with Gasteiger partial charge in [-0.2, -0.15) is 5.26 Å². The first-order chi connectivity index (χ1) is 6.54. The second kappa shape index (κ2) is 4.34. The molecule has 5 heteroatoms. The van der Waals surface area contributed by atoms with Crippen molar-refractivity contribution in [2.75, 3.05) is 0 Å². The topological polar surface area (TPSA) is 23.8 Å². The highest BCUT2D eigenvalue weighted by atomic mass is 35.5. The molecule has 1 atom stereocenters. The van der Waals surface area contributed by atoms with Gasteiger partial charge in [0.05, 0.1) is 6.07 Å². The van der Waals surface area contributed by atoms with Crippen molar-refractivity contribution in [1.29, 1.82) is 5.26 Å². The number of hydrogen-bond acceptors (Lipinski definition) is 1. The van der Waals surface area contributed by atoms with Crippen molar-refractivity contribution in [2.24, 2.45) is 0 Å². The number of halogens is 4. The van der Waals surface area contributed by atoms with Crippen LogP contribution in [0, 0.1) is 28.8 Å². The van der Waals surface area contributed by atoms with Crippen molar-refractivity contribution in [3.05, 3.63) is 35.1 Å². The monoisotopic (exact) mass is 219 g/mol. The predicted octanol–water partition coefficient (Wildman–Crippen LogP) is 2.78. The maximum absolute atomic E-state index is 13.0. The van der Waals surface area contributed by atoms with Gasteiger partial charge in [-0.25, -0.2) is 13.2 Å². The summed E-state index contributed by atoms with van der Waals surface area (Å²) in [5, 5.41) is 7.39. The highest BCUT2D eigenvalue weighted by molar-refractivity contribution is 6.22. The van der Waals surface area contributed by atoms with Crippen molar-refractivity contribution < 1.29 is 13.2 Å². The minimum absolute atomic E-state index is 0.106. The van der Waals surface area contributed by atoms with Gasteiger partial charge in [-0.05, 0) is 11.6 Å². The Morgan fingerprint density at radius 3 is 2.36 bits per heavy atom. The van der Waals surface area contributed by atoms with E-state index >= 15 is 0 Å². The molecule has 74 valence electrons. The minimum atomic E-state index is -1.26. The van der Waals surface area contributed by atoms with E-state index in [4.69, 9.17) is 16.9 Å². The molecule has 0 radical (unpaired) electrons. The third-order valence-electron chi connectivity index (χ3n) is 1.63. The lowest BCUT2D eigenvalue weighted by Crippen LogP contribution is -2.03. The summed E-state index contributed by atoms with van der Waals surface area (Å²) in [6.07, 6.45) is -0.152. The van der Waals surface area contributed by atoms with E-state index < -0.39 is 22.8 Å². The Labute approximate surface area is 83.7 Å². The molecule has 0 fully saturated rings. The van der Waals surface area contributed by atoms with E-state index in [1.807, 2.05) is 0 Å². The van der Waals surface area contributed by atoms with Crippen molar-refractivity contribution in [1.82, 2.24) is 0 Å². The first kappa shape index (κ1) is 10.9. The Bertz CT molecular complexity index is 386. The number of alkyl halides is 1. The van der Waals surface area contributed by atoms with Gasteiger partial charge in [-0.3, -0.25) is 0 Å². The van der Waals surface area contributed by atoms with Crippen LogP contribution in [0.1, 0.15) is 5.56 Å². The molecule has 0 N–H and O–H groups in total. The standard InChI is InChI=1S/C9H5ClF3N/c10-6(4-14)1-5-2-8(12)9(13)3-7(5)11/h2-3,6H,1H2. The van der Waals surface area contributed by atoms with Gasteiger partial charge in [0, 0.05) is 12.5 Å². The van der Waals surface area contributed by atoms with Gasteiger partial charge >= 0.3 is 0 Å². The van der Waals surface area contributed by atoms with Crippen LogP contribution in [0.25, 0.3) is 0 Å². The third-order valence-corrected chi connectivity index (χ3v) is 1.88. The van der Waals surface area contributed by atoms with Crippen LogP contribution >= 0.6 is 11.6 Å². The Morgan fingerprint density at radius 1 is 1.21 bits per heavy atom. The lowest BCUT2D eigenvalue weighted by Gasteiger charge is -2.03. The molecule has 0 aliphatic carbocycles. The lowest BCUT2D eigenvalue weighted by atomic mass is 10.1. The number of nitriles is 1. The Kier molecular flexibility index (Phi) is 3.37. The summed E-state index contributed by atoms with van der Waals surface area (Å²) in [4.78, 5) is 0. The van der Waals surface area contributed by atoms with Gasteiger partial charge in [0.2, 0.25) is 0 Å². The minimum Gasteiger partial charge on any atom is -0.207 e. The maximum Gasteiger partial charge on any atom is 0.161 e. The van der Waals surface area contributed by atoms with Crippen LogP contribution in [-0.2, 0) is 6.42 Å². The van der Waals surface area contributed by atoms with E-state index in [-0.39, 0.29) is 12.0 Å². The molecule has 14 heavy (non-hydrogen) atoms. The van der Waals surface area contributed by atoms with Gasteiger partial charge in [0.1, 0.15) is 11.2 Å². The molecule has 1 aromatic rings. The Hall–Kier alpha value is -1.21. The van der Waals surface area contributed by atoms with Crippen LogP contribution in [0.3, 0.4) is 0 Å². The molecule has 0 aliphatic rings. The number of nitrogens with zero attached hydrogens (tertiary/aromatic N) is 1. The number of rotatable bonds is 2. The largest absolute Gasteiger partial charge is 0.207 e. The summed E-state index contributed by atoms with van der Waals surface area (Å²) in [5.74, 6) is -3.30. The fraction of sp³-hybridized carbons (Fsp3) is 0.222. The van der Waals surface area contributed by atoms with Crippen LogP contribution in [-0.4, -0.2) is 5.38 Å². The zero-order valence-electron chi connectivity index (χ0n) is 6.90. The van der Waals surface area contributed by atoms with Crippen molar-refractivity contribution in [3.63, 3.8) is 0 Å². The van der Waals surface area contributed by atoms with Crippen molar-refractivity contribution in [3.8, 4) is 6.07 Å². The van der Waals surface area contributed by atoms with Crippen molar-refractivity contribution in [2.45, 2.75) is 11.8 Å². The normalized spacial score (nSPS) is 12.2. The molecule has 0 bridgehead atoms. The van der Waals surface area contributed by atoms with Crippen LogP contribution in [0.15, 0.2) is 12.1 Å². The van der Waals surface area contributed by atoms with E-state index in [0.29, 0.717) is 12.1 Å². The maximum atomic E-state index is 13.0. The van der Waals surface area contributed by atoms with Crippen LogP contribution < -0.4 is 0 Å².